The van der Waals surface area contributed by atoms with E-state index in [9.17, 15) is 13.2 Å². The fraction of sp³-hybridized carbons (Fsp3) is 0.538. The number of alkyl halides is 3. The Morgan fingerprint density at radius 3 is 2.06 bits per heavy atom. The summed E-state index contributed by atoms with van der Waals surface area (Å²) in [6.07, 6.45) is -2.17. The minimum absolute atomic E-state index is 0.411. The van der Waals surface area contributed by atoms with Crippen molar-refractivity contribution in [1.82, 2.24) is 4.90 Å². The van der Waals surface area contributed by atoms with Gasteiger partial charge in [-0.05, 0) is 56.6 Å². The average Bonchev–Trinajstić information content (AvgIpc) is 2.29. The van der Waals surface area contributed by atoms with Gasteiger partial charge >= 0.3 is 6.18 Å². The largest absolute Gasteiger partial charge is 0.416 e. The Hall–Kier alpha value is -1.03. The lowest BCUT2D eigenvalue weighted by atomic mass is 9.89. The predicted molar refractivity (Wildman–Crippen MR) is 60.9 cm³/mol. The smallest absolute Gasteiger partial charge is 0.306 e. The molecule has 1 fully saturated rings. The van der Waals surface area contributed by atoms with Gasteiger partial charge in [0.1, 0.15) is 0 Å². The van der Waals surface area contributed by atoms with Gasteiger partial charge in [0.15, 0.2) is 0 Å². The second-order valence-corrected chi connectivity index (χ2v) is 4.70. The zero-order valence-corrected chi connectivity index (χ0v) is 9.80. The topological polar surface area (TPSA) is 3.24 Å². The first-order valence-corrected chi connectivity index (χ1v) is 5.82. The van der Waals surface area contributed by atoms with Gasteiger partial charge in [0.2, 0.25) is 0 Å². The summed E-state index contributed by atoms with van der Waals surface area (Å²) >= 11 is 0. The Morgan fingerprint density at radius 1 is 1.06 bits per heavy atom. The number of hydrogen-bond acceptors (Lipinski definition) is 1. The molecule has 0 aliphatic carbocycles. The van der Waals surface area contributed by atoms with Crippen LogP contribution in [0.2, 0.25) is 0 Å². The van der Waals surface area contributed by atoms with E-state index in [1.165, 1.54) is 12.1 Å². The molecule has 1 aromatic carbocycles. The summed E-state index contributed by atoms with van der Waals surface area (Å²) in [7, 11) is 2.07. The summed E-state index contributed by atoms with van der Waals surface area (Å²) < 4.78 is 37.2. The molecule has 1 heterocycles. The quantitative estimate of drug-likeness (QED) is 0.729. The molecular weight excluding hydrogens is 227 g/mol. The molecule has 1 saturated heterocycles. The van der Waals surface area contributed by atoms with E-state index < -0.39 is 11.7 Å². The van der Waals surface area contributed by atoms with Crippen molar-refractivity contribution in [1.29, 1.82) is 0 Å². The third-order valence-electron chi connectivity index (χ3n) is 3.43. The molecule has 1 nitrogen and oxygen atoms in total. The van der Waals surface area contributed by atoms with E-state index >= 15 is 0 Å². The van der Waals surface area contributed by atoms with Crippen molar-refractivity contribution in [3.05, 3.63) is 35.4 Å². The lowest BCUT2D eigenvalue weighted by Crippen LogP contribution is -2.29. The zero-order valence-electron chi connectivity index (χ0n) is 9.80. The Labute approximate surface area is 99.2 Å². The summed E-state index contributed by atoms with van der Waals surface area (Å²) in [6.45, 7) is 2.04. The van der Waals surface area contributed by atoms with Gasteiger partial charge in [-0.3, -0.25) is 0 Å². The van der Waals surface area contributed by atoms with Crippen molar-refractivity contribution in [3.8, 4) is 0 Å². The van der Waals surface area contributed by atoms with Crippen molar-refractivity contribution < 1.29 is 13.2 Å². The number of benzene rings is 1. The summed E-state index contributed by atoms with van der Waals surface area (Å²) in [5.74, 6) is 0.411. The molecule has 1 aliphatic rings. The third kappa shape index (κ3) is 3.00. The Morgan fingerprint density at radius 2 is 1.59 bits per heavy atom. The van der Waals surface area contributed by atoms with Gasteiger partial charge in [0.05, 0.1) is 5.56 Å². The van der Waals surface area contributed by atoms with Gasteiger partial charge in [0, 0.05) is 0 Å². The first-order chi connectivity index (χ1) is 7.97. The van der Waals surface area contributed by atoms with Crippen molar-refractivity contribution >= 4 is 0 Å². The van der Waals surface area contributed by atoms with Crippen LogP contribution in [0.15, 0.2) is 24.3 Å². The average molecular weight is 243 g/mol. The van der Waals surface area contributed by atoms with E-state index in [0.717, 1.165) is 31.5 Å². The van der Waals surface area contributed by atoms with Crippen LogP contribution in [0.5, 0.6) is 0 Å². The molecule has 0 atom stereocenters. The maximum Gasteiger partial charge on any atom is 0.416 e. The molecule has 2 rings (SSSR count). The number of piperidine rings is 1. The molecule has 0 amide bonds. The highest BCUT2D eigenvalue weighted by Gasteiger charge is 2.30. The number of halogens is 3. The maximum atomic E-state index is 12.4. The van der Waals surface area contributed by atoms with Crippen LogP contribution < -0.4 is 0 Å². The summed E-state index contributed by atoms with van der Waals surface area (Å²) in [5, 5.41) is 0. The fourth-order valence-corrected chi connectivity index (χ4v) is 2.29. The third-order valence-corrected chi connectivity index (χ3v) is 3.43. The molecule has 0 bridgehead atoms. The van der Waals surface area contributed by atoms with E-state index in [4.69, 9.17) is 0 Å². The second kappa shape index (κ2) is 4.69. The van der Waals surface area contributed by atoms with Crippen LogP contribution in [0.25, 0.3) is 0 Å². The van der Waals surface area contributed by atoms with Crippen LogP contribution in [0.3, 0.4) is 0 Å². The second-order valence-electron chi connectivity index (χ2n) is 4.70. The zero-order chi connectivity index (χ0) is 12.5. The van der Waals surface area contributed by atoms with E-state index in [0.29, 0.717) is 5.92 Å². The molecule has 1 aliphatic heterocycles. The lowest BCUT2D eigenvalue weighted by Gasteiger charge is -2.29. The van der Waals surface area contributed by atoms with Gasteiger partial charge in [-0.2, -0.15) is 13.2 Å². The normalized spacial score (nSPS) is 19.5. The molecule has 0 aromatic heterocycles. The standard InChI is InChI=1S/C13H16F3N/c1-17-8-6-11(7-9-17)10-2-4-12(5-3-10)13(14,15)16/h2-5,11H,6-9H2,1H3. The number of rotatable bonds is 1. The van der Waals surface area contributed by atoms with E-state index in [1.54, 1.807) is 12.1 Å². The highest BCUT2D eigenvalue weighted by atomic mass is 19.4. The van der Waals surface area contributed by atoms with Crippen molar-refractivity contribution in [2.24, 2.45) is 0 Å². The molecule has 0 spiro atoms. The van der Waals surface area contributed by atoms with Gasteiger partial charge in [-0.15, -0.1) is 0 Å². The number of nitrogens with zero attached hydrogens (tertiary/aromatic N) is 1. The Bertz CT molecular complexity index is 361. The number of hydrogen-bond donors (Lipinski definition) is 0. The monoisotopic (exact) mass is 243 g/mol. The molecule has 0 saturated carbocycles. The van der Waals surface area contributed by atoms with Crippen molar-refractivity contribution in [2.75, 3.05) is 20.1 Å². The van der Waals surface area contributed by atoms with Gasteiger partial charge in [0.25, 0.3) is 0 Å². The van der Waals surface area contributed by atoms with Gasteiger partial charge in [-0.1, -0.05) is 12.1 Å². The summed E-state index contributed by atoms with van der Waals surface area (Å²) in [6, 6.07) is 5.62. The highest BCUT2D eigenvalue weighted by Crippen LogP contribution is 2.32. The molecule has 4 heteroatoms. The lowest BCUT2D eigenvalue weighted by molar-refractivity contribution is -0.137. The van der Waals surface area contributed by atoms with E-state index in [-0.39, 0.29) is 0 Å². The van der Waals surface area contributed by atoms with Crippen molar-refractivity contribution in [3.63, 3.8) is 0 Å². The minimum Gasteiger partial charge on any atom is -0.306 e. The highest BCUT2D eigenvalue weighted by molar-refractivity contribution is 5.27. The fourth-order valence-electron chi connectivity index (χ4n) is 2.29. The number of likely N-dealkylation sites (tertiary alicyclic amines) is 1. The minimum atomic E-state index is -4.23. The van der Waals surface area contributed by atoms with Crippen LogP contribution in [0.1, 0.15) is 29.9 Å². The van der Waals surface area contributed by atoms with Crippen LogP contribution >= 0.6 is 0 Å². The molecule has 0 N–H and O–H groups in total. The van der Waals surface area contributed by atoms with Crippen LogP contribution in [-0.2, 0) is 6.18 Å². The molecule has 17 heavy (non-hydrogen) atoms. The molecule has 0 radical (unpaired) electrons. The van der Waals surface area contributed by atoms with Gasteiger partial charge in [-0.25, -0.2) is 0 Å². The molecule has 1 aromatic rings. The molecule has 0 unspecified atom stereocenters. The first kappa shape index (κ1) is 12.4. The Balaban J connectivity index is 2.08. The SMILES string of the molecule is CN1CCC(c2ccc(C(F)(F)F)cc2)CC1. The summed E-state index contributed by atoms with van der Waals surface area (Å²) in [5.41, 5.74) is 0.472. The van der Waals surface area contributed by atoms with Crippen molar-refractivity contribution in [2.45, 2.75) is 24.9 Å². The van der Waals surface area contributed by atoms with E-state index in [2.05, 4.69) is 11.9 Å². The first-order valence-electron chi connectivity index (χ1n) is 5.82. The van der Waals surface area contributed by atoms with Gasteiger partial charge < -0.3 is 4.90 Å². The summed E-state index contributed by atoms with van der Waals surface area (Å²) in [4.78, 5) is 2.25. The molecule has 94 valence electrons. The van der Waals surface area contributed by atoms with Crippen LogP contribution in [0, 0.1) is 0 Å². The Kier molecular flexibility index (Phi) is 3.43. The maximum absolute atomic E-state index is 12.4. The van der Waals surface area contributed by atoms with Crippen LogP contribution in [0.4, 0.5) is 13.2 Å². The van der Waals surface area contributed by atoms with Crippen LogP contribution in [-0.4, -0.2) is 25.0 Å². The van der Waals surface area contributed by atoms with E-state index in [1.807, 2.05) is 0 Å². The predicted octanol–water partition coefficient (Wildman–Crippen LogP) is 3.51. The molecular formula is C13H16F3N.